The van der Waals surface area contributed by atoms with Crippen LogP contribution in [0.3, 0.4) is 0 Å². The number of piperidine rings is 1. The predicted molar refractivity (Wildman–Crippen MR) is 146 cm³/mol. The molecule has 2 aliphatic heterocycles. The van der Waals surface area contributed by atoms with Gasteiger partial charge in [-0.05, 0) is 102 Å². The molecule has 6 nitrogen and oxygen atoms in total. The largest absolute Gasteiger partial charge is 0.481 e. The number of hydrogen-bond donors (Lipinski definition) is 1. The van der Waals surface area contributed by atoms with E-state index in [1.807, 2.05) is 6.07 Å². The number of aromatic nitrogens is 2. The number of carbonyl (C=O) groups is 1. The Morgan fingerprint density at radius 3 is 2.51 bits per heavy atom. The van der Waals surface area contributed by atoms with Crippen molar-refractivity contribution in [1.29, 1.82) is 0 Å². The molecule has 204 valence electrons. The molecule has 0 radical (unpaired) electrons. The van der Waals surface area contributed by atoms with Gasteiger partial charge >= 0.3 is 5.97 Å². The van der Waals surface area contributed by atoms with Crippen molar-refractivity contribution in [1.82, 2.24) is 19.6 Å². The number of aliphatic carboxylic acids is 1. The first-order valence-corrected chi connectivity index (χ1v) is 14.1. The Hall–Kier alpha value is -2.25. The fraction of sp³-hybridized carbons (Fsp3) is 0.667. The maximum atomic E-state index is 14.2. The van der Waals surface area contributed by atoms with Crippen LogP contribution in [0.15, 0.2) is 24.3 Å². The van der Waals surface area contributed by atoms with Crippen LogP contribution in [0.4, 0.5) is 4.39 Å². The standard InChI is InChI=1S/C30H45FN4O2/c1-7-27-28(21(4)35(8-2)32-27)22-12-14-34(15-13-22)20(3)25-17-33(19-30(5,6)29(36)37)18-26(25)23-10-9-11-24(31)16-23/h9-11,16,20,22,25-26H,7-8,12-15,17-19H2,1-6H3,(H,36,37). The van der Waals surface area contributed by atoms with Crippen LogP contribution >= 0.6 is 0 Å². The van der Waals surface area contributed by atoms with Crippen molar-refractivity contribution in [2.45, 2.75) is 85.2 Å². The van der Waals surface area contributed by atoms with Crippen LogP contribution in [0.1, 0.15) is 81.8 Å². The van der Waals surface area contributed by atoms with E-state index in [1.165, 1.54) is 23.0 Å². The summed E-state index contributed by atoms with van der Waals surface area (Å²) in [6.07, 6.45) is 3.22. The lowest BCUT2D eigenvalue weighted by Gasteiger charge is -2.40. The average Bonchev–Trinajstić information content (AvgIpc) is 3.43. The lowest BCUT2D eigenvalue weighted by atomic mass is 9.82. The number of likely N-dealkylation sites (tertiary alicyclic amines) is 2. The normalized spacial score (nSPS) is 23.0. The molecule has 2 aromatic rings. The van der Waals surface area contributed by atoms with Gasteiger partial charge in [0.1, 0.15) is 5.82 Å². The smallest absolute Gasteiger partial charge is 0.310 e. The molecule has 0 spiro atoms. The van der Waals surface area contributed by atoms with Gasteiger partial charge in [0.2, 0.25) is 0 Å². The minimum atomic E-state index is -0.819. The molecule has 2 fully saturated rings. The molecule has 2 saturated heterocycles. The van der Waals surface area contributed by atoms with Crippen molar-refractivity contribution in [2.75, 3.05) is 32.7 Å². The molecule has 1 N–H and O–H groups in total. The first-order chi connectivity index (χ1) is 17.6. The molecule has 0 amide bonds. The van der Waals surface area contributed by atoms with E-state index < -0.39 is 11.4 Å². The Morgan fingerprint density at radius 1 is 1.22 bits per heavy atom. The molecule has 1 aromatic heterocycles. The lowest BCUT2D eigenvalue weighted by Crippen LogP contribution is -2.45. The van der Waals surface area contributed by atoms with E-state index in [1.54, 1.807) is 26.0 Å². The number of benzene rings is 1. The minimum absolute atomic E-state index is 0.185. The summed E-state index contributed by atoms with van der Waals surface area (Å²) in [4.78, 5) is 16.7. The third-order valence-corrected chi connectivity index (χ3v) is 9.01. The van der Waals surface area contributed by atoms with Crippen LogP contribution < -0.4 is 0 Å². The summed E-state index contributed by atoms with van der Waals surface area (Å²) in [5.74, 6) is 0.0721. The summed E-state index contributed by atoms with van der Waals surface area (Å²) in [5, 5.41) is 14.6. The number of aryl methyl sites for hydroxylation is 2. The van der Waals surface area contributed by atoms with Crippen LogP contribution in [0, 0.1) is 24.1 Å². The van der Waals surface area contributed by atoms with Gasteiger partial charge < -0.3 is 14.9 Å². The van der Waals surface area contributed by atoms with E-state index >= 15 is 0 Å². The Morgan fingerprint density at radius 2 is 1.92 bits per heavy atom. The van der Waals surface area contributed by atoms with Gasteiger partial charge in [-0.3, -0.25) is 9.48 Å². The van der Waals surface area contributed by atoms with Crippen LogP contribution in [-0.4, -0.2) is 69.4 Å². The van der Waals surface area contributed by atoms with Gasteiger partial charge in [-0.1, -0.05) is 19.1 Å². The monoisotopic (exact) mass is 512 g/mol. The van der Waals surface area contributed by atoms with Crippen LogP contribution in [-0.2, 0) is 17.8 Å². The van der Waals surface area contributed by atoms with Crippen molar-refractivity contribution in [3.05, 3.63) is 52.6 Å². The van der Waals surface area contributed by atoms with Crippen molar-refractivity contribution < 1.29 is 14.3 Å². The van der Waals surface area contributed by atoms with Crippen molar-refractivity contribution in [3.63, 3.8) is 0 Å². The van der Waals surface area contributed by atoms with Gasteiger partial charge in [0.25, 0.3) is 0 Å². The molecule has 4 rings (SSSR count). The van der Waals surface area contributed by atoms with Gasteiger partial charge in [-0.25, -0.2) is 4.39 Å². The van der Waals surface area contributed by atoms with Crippen LogP contribution in [0.5, 0.6) is 0 Å². The zero-order chi connectivity index (χ0) is 26.9. The van der Waals surface area contributed by atoms with Crippen LogP contribution in [0.2, 0.25) is 0 Å². The molecular formula is C30H45FN4O2. The van der Waals surface area contributed by atoms with E-state index in [4.69, 9.17) is 5.10 Å². The molecule has 3 atom stereocenters. The highest BCUT2D eigenvalue weighted by Gasteiger charge is 2.42. The summed E-state index contributed by atoms with van der Waals surface area (Å²) in [7, 11) is 0. The zero-order valence-electron chi connectivity index (χ0n) is 23.5. The molecule has 0 saturated carbocycles. The van der Waals surface area contributed by atoms with E-state index in [2.05, 4.69) is 42.2 Å². The van der Waals surface area contributed by atoms with Crippen molar-refractivity contribution in [3.8, 4) is 0 Å². The second-order valence-corrected chi connectivity index (χ2v) is 11.9. The van der Waals surface area contributed by atoms with E-state index in [0.29, 0.717) is 24.4 Å². The fourth-order valence-corrected chi connectivity index (χ4v) is 6.84. The maximum Gasteiger partial charge on any atom is 0.310 e. The molecule has 3 unspecified atom stereocenters. The average molecular weight is 513 g/mol. The van der Waals surface area contributed by atoms with Gasteiger partial charge in [0.15, 0.2) is 0 Å². The second kappa shape index (κ2) is 11.2. The zero-order valence-corrected chi connectivity index (χ0v) is 23.5. The molecule has 1 aromatic carbocycles. The molecule has 0 bridgehead atoms. The molecule has 37 heavy (non-hydrogen) atoms. The Balaban J connectivity index is 1.50. The van der Waals surface area contributed by atoms with E-state index in [9.17, 15) is 14.3 Å². The Bertz CT molecular complexity index is 1090. The third kappa shape index (κ3) is 5.78. The number of rotatable bonds is 9. The molecule has 3 heterocycles. The molecule has 2 aliphatic rings. The highest BCUT2D eigenvalue weighted by Crippen LogP contribution is 2.40. The molecular weight excluding hydrogens is 467 g/mol. The Labute approximate surface area is 221 Å². The molecule has 0 aliphatic carbocycles. The van der Waals surface area contributed by atoms with Crippen molar-refractivity contribution >= 4 is 5.97 Å². The Kier molecular flexibility index (Phi) is 8.44. The van der Waals surface area contributed by atoms with Gasteiger partial charge in [-0.2, -0.15) is 5.10 Å². The van der Waals surface area contributed by atoms with Gasteiger partial charge in [0, 0.05) is 43.8 Å². The number of carboxylic acid groups (broad SMARTS) is 1. The van der Waals surface area contributed by atoms with Gasteiger partial charge in [-0.15, -0.1) is 0 Å². The minimum Gasteiger partial charge on any atom is -0.481 e. The van der Waals surface area contributed by atoms with E-state index in [-0.39, 0.29) is 11.7 Å². The summed E-state index contributed by atoms with van der Waals surface area (Å²) in [6.45, 7) is 17.6. The predicted octanol–water partition coefficient (Wildman–Crippen LogP) is 5.31. The highest BCUT2D eigenvalue weighted by atomic mass is 19.1. The topological polar surface area (TPSA) is 61.6 Å². The highest BCUT2D eigenvalue weighted by molar-refractivity contribution is 5.73. The quantitative estimate of drug-likeness (QED) is 0.494. The summed E-state index contributed by atoms with van der Waals surface area (Å²) in [6, 6.07) is 7.33. The SMILES string of the molecule is CCc1nn(CC)c(C)c1C1CCN(C(C)C2CN(CC(C)(C)C(=O)O)CC2c2cccc(F)c2)CC1. The second-order valence-electron chi connectivity index (χ2n) is 11.9. The first-order valence-electron chi connectivity index (χ1n) is 14.1. The number of halogens is 1. The summed E-state index contributed by atoms with van der Waals surface area (Å²) in [5.41, 5.74) is 4.25. The lowest BCUT2D eigenvalue weighted by molar-refractivity contribution is -0.147. The van der Waals surface area contributed by atoms with Gasteiger partial charge in [0.05, 0.1) is 11.1 Å². The van der Waals surface area contributed by atoms with Crippen molar-refractivity contribution in [2.24, 2.45) is 11.3 Å². The van der Waals surface area contributed by atoms with E-state index in [0.717, 1.165) is 57.5 Å². The van der Waals surface area contributed by atoms with Crippen LogP contribution in [0.25, 0.3) is 0 Å². The first kappa shape index (κ1) is 27.8. The summed E-state index contributed by atoms with van der Waals surface area (Å²) >= 11 is 0. The number of carboxylic acids is 1. The maximum absolute atomic E-state index is 14.2. The fourth-order valence-electron chi connectivity index (χ4n) is 6.84. The third-order valence-electron chi connectivity index (χ3n) is 9.01. The summed E-state index contributed by atoms with van der Waals surface area (Å²) < 4.78 is 16.3. The number of hydrogen-bond acceptors (Lipinski definition) is 4. The number of nitrogens with zero attached hydrogens (tertiary/aromatic N) is 4. The molecule has 7 heteroatoms.